The molecule has 2 unspecified atom stereocenters. The minimum absolute atomic E-state index is 0.293. The fraction of sp³-hybridized carbons (Fsp3) is 1.00. The molecule has 0 heterocycles. The molecule has 0 radical (unpaired) electrons. The van der Waals surface area contributed by atoms with E-state index in [1.54, 1.807) is 0 Å². The molecule has 0 aromatic carbocycles. The molecular weight excluding hydrogens is 202 g/mol. The molecule has 0 aliphatic heterocycles. The van der Waals surface area contributed by atoms with Crippen molar-refractivity contribution in [1.29, 1.82) is 0 Å². The second kappa shape index (κ2) is 7.25. The van der Waals surface area contributed by atoms with E-state index in [9.17, 15) is 5.11 Å². The van der Waals surface area contributed by atoms with Crippen LogP contribution in [0, 0.1) is 5.92 Å². The van der Waals surface area contributed by atoms with E-state index < -0.39 is 5.60 Å². The van der Waals surface area contributed by atoms with Crippen LogP contribution in [-0.2, 0) is 0 Å². The summed E-state index contributed by atoms with van der Waals surface area (Å²) in [5.41, 5.74) is -0.464. The molecule has 1 rings (SSSR count). The predicted molar refractivity (Wildman–Crippen MR) is 66.4 cm³/mol. The van der Waals surface area contributed by atoms with Crippen molar-refractivity contribution in [2.45, 2.75) is 57.5 Å². The highest BCUT2D eigenvalue weighted by atomic mass is 16.3. The largest absolute Gasteiger partial charge is 0.396 e. The number of unbranched alkanes of at least 4 members (excludes halogenated alkanes) is 2. The van der Waals surface area contributed by atoms with Gasteiger partial charge in [0, 0.05) is 13.2 Å². The summed E-state index contributed by atoms with van der Waals surface area (Å²) in [6.07, 6.45) is 7.35. The summed E-state index contributed by atoms with van der Waals surface area (Å²) >= 11 is 0. The molecule has 1 aliphatic rings. The van der Waals surface area contributed by atoms with Gasteiger partial charge in [-0.1, -0.05) is 19.8 Å². The first-order valence-electron chi connectivity index (χ1n) is 6.70. The van der Waals surface area contributed by atoms with Crippen molar-refractivity contribution in [1.82, 2.24) is 5.32 Å². The zero-order valence-corrected chi connectivity index (χ0v) is 10.5. The lowest BCUT2D eigenvalue weighted by Gasteiger charge is -2.35. The average molecular weight is 229 g/mol. The molecule has 3 nitrogen and oxygen atoms in total. The van der Waals surface area contributed by atoms with Crippen LogP contribution in [0.4, 0.5) is 0 Å². The zero-order valence-electron chi connectivity index (χ0n) is 10.5. The first kappa shape index (κ1) is 13.9. The molecule has 1 saturated carbocycles. The lowest BCUT2D eigenvalue weighted by Crippen LogP contribution is -2.44. The van der Waals surface area contributed by atoms with Crippen LogP contribution < -0.4 is 5.32 Å². The summed E-state index contributed by atoms with van der Waals surface area (Å²) in [4.78, 5) is 0. The minimum Gasteiger partial charge on any atom is -0.396 e. The van der Waals surface area contributed by atoms with Gasteiger partial charge in [0.25, 0.3) is 0 Å². The SMILES string of the molecule is CC1CCCC(O)(CNCCCCCO)C1. The van der Waals surface area contributed by atoms with Gasteiger partial charge in [-0.15, -0.1) is 0 Å². The van der Waals surface area contributed by atoms with E-state index in [1.807, 2.05) is 0 Å². The number of aliphatic hydroxyl groups excluding tert-OH is 1. The maximum absolute atomic E-state index is 10.3. The van der Waals surface area contributed by atoms with Crippen LogP contribution in [0.1, 0.15) is 51.9 Å². The van der Waals surface area contributed by atoms with Crippen LogP contribution in [0.3, 0.4) is 0 Å². The molecule has 0 aromatic heterocycles. The third kappa shape index (κ3) is 5.28. The van der Waals surface area contributed by atoms with Gasteiger partial charge in [0.1, 0.15) is 0 Å². The van der Waals surface area contributed by atoms with E-state index in [1.165, 1.54) is 6.42 Å². The highest BCUT2D eigenvalue weighted by molar-refractivity contribution is 4.86. The van der Waals surface area contributed by atoms with Crippen molar-refractivity contribution in [2.75, 3.05) is 19.7 Å². The summed E-state index contributed by atoms with van der Waals surface area (Å²) in [5.74, 6) is 0.662. The van der Waals surface area contributed by atoms with E-state index in [0.717, 1.165) is 51.6 Å². The Kier molecular flexibility index (Phi) is 6.32. The van der Waals surface area contributed by atoms with Gasteiger partial charge in [-0.2, -0.15) is 0 Å². The monoisotopic (exact) mass is 229 g/mol. The van der Waals surface area contributed by atoms with Gasteiger partial charge in [0.05, 0.1) is 5.60 Å². The Hall–Kier alpha value is -0.120. The second-order valence-corrected chi connectivity index (χ2v) is 5.39. The average Bonchev–Trinajstić information content (AvgIpc) is 2.23. The molecular formula is C13H27NO2. The molecule has 96 valence electrons. The first-order valence-corrected chi connectivity index (χ1v) is 6.70. The zero-order chi connectivity index (χ0) is 11.9. The van der Waals surface area contributed by atoms with Gasteiger partial charge in [-0.3, -0.25) is 0 Å². The summed E-state index contributed by atoms with van der Waals surface area (Å²) < 4.78 is 0. The van der Waals surface area contributed by atoms with Crippen LogP contribution in [0.2, 0.25) is 0 Å². The highest BCUT2D eigenvalue weighted by Gasteiger charge is 2.31. The van der Waals surface area contributed by atoms with Crippen LogP contribution in [0.5, 0.6) is 0 Å². The number of nitrogens with one attached hydrogen (secondary N) is 1. The smallest absolute Gasteiger partial charge is 0.0774 e. The van der Waals surface area contributed by atoms with E-state index in [2.05, 4.69) is 12.2 Å². The molecule has 1 fully saturated rings. The van der Waals surface area contributed by atoms with Crippen LogP contribution in [-0.4, -0.2) is 35.5 Å². The maximum Gasteiger partial charge on any atom is 0.0774 e. The van der Waals surface area contributed by atoms with Crippen molar-refractivity contribution in [2.24, 2.45) is 5.92 Å². The van der Waals surface area contributed by atoms with Gasteiger partial charge < -0.3 is 15.5 Å². The maximum atomic E-state index is 10.3. The van der Waals surface area contributed by atoms with Gasteiger partial charge >= 0.3 is 0 Å². The topological polar surface area (TPSA) is 52.5 Å². The van der Waals surface area contributed by atoms with Gasteiger partial charge in [-0.25, -0.2) is 0 Å². The lowest BCUT2D eigenvalue weighted by molar-refractivity contribution is -0.0116. The second-order valence-electron chi connectivity index (χ2n) is 5.39. The van der Waals surface area contributed by atoms with Crippen molar-refractivity contribution < 1.29 is 10.2 Å². The van der Waals surface area contributed by atoms with Gasteiger partial charge in [-0.05, 0) is 44.6 Å². The summed E-state index contributed by atoms with van der Waals surface area (Å²) in [6.45, 7) is 4.21. The van der Waals surface area contributed by atoms with E-state index in [0.29, 0.717) is 12.5 Å². The third-order valence-electron chi connectivity index (χ3n) is 3.53. The fourth-order valence-corrected chi connectivity index (χ4v) is 2.65. The van der Waals surface area contributed by atoms with Crippen molar-refractivity contribution in [3.8, 4) is 0 Å². The van der Waals surface area contributed by atoms with E-state index >= 15 is 0 Å². The van der Waals surface area contributed by atoms with E-state index in [-0.39, 0.29) is 0 Å². The summed E-state index contributed by atoms with van der Waals surface area (Å²) in [5, 5.41) is 22.3. The fourth-order valence-electron chi connectivity index (χ4n) is 2.65. The number of rotatable bonds is 7. The minimum atomic E-state index is -0.464. The Bertz CT molecular complexity index is 187. The van der Waals surface area contributed by atoms with Crippen molar-refractivity contribution in [3.63, 3.8) is 0 Å². The Morgan fingerprint density at radius 3 is 2.81 bits per heavy atom. The van der Waals surface area contributed by atoms with Gasteiger partial charge in [0.2, 0.25) is 0 Å². The molecule has 0 amide bonds. The number of hydrogen-bond acceptors (Lipinski definition) is 3. The molecule has 2 atom stereocenters. The van der Waals surface area contributed by atoms with Crippen molar-refractivity contribution >= 4 is 0 Å². The van der Waals surface area contributed by atoms with E-state index in [4.69, 9.17) is 5.11 Å². The Morgan fingerprint density at radius 1 is 1.31 bits per heavy atom. The van der Waals surface area contributed by atoms with Crippen LogP contribution in [0.15, 0.2) is 0 Å². The number of hydrogen-bond donors (Lipinski definition) is 3. The lowest BCUT2D eigenvalue weighted by atomic mass is 9.79. The van der Waals surface area contributed by atoms with Crippen LogP contribution in [0.25, 0.3) is 0 Å². The molecule has 3 N–H and O–H groups in total. The standard InChI is InChI=1S/C13H27NO2/c1-12-6-5-7-13(16,10-12)11-14-8-3-2-4-9-15/h12,14-16H,2-11H2,1H3. The highest BCUT2D eigenvalue weighted by Crippen LogP contribution is 2.31. The molecule has 0 aromatic rings. The van der Waals surface area contributed by atoms with Crippen molar-refractivity contribution in [3.05, 3.63) is 0 Å². The Labute approximate surface area is 99.3 Å². The third-order valence-corrected chi connectivity index (χ3v) is 3.53. The van der Waals surface area contributed by atoms with Crippen LogP contribution >= 0.6 is 0 Å². The summed E-state index contributed by atoms with van der Waals surface area (Å²) in [7, 11) is 0. The Morgan fingerprint density at radius 2 is 2.12 bits per heavy atom. The summed E-state index contributed by atoms with van der Waals surface area (Å²) in [6, 6.07) is 0. The Balaban J connectivity index is 2.06. The molecule has 0 spiro atoms. The quantitative estimate of drug-likeness (QED) is 0.582. The molecule has 1 aliphatic carbocycles. The molecule has 3 heteroatoms. The molecule has 0 saturated heterocycles. The molecule has 16 heavy (non-hydrogen) atoms. The number of aliphatic hydroxyl groups is 2. The molecule has 0 bridgehead atoms. The predicted octanol–water partition coefficient (Wildman–Crippen LogP) is 1.68. The first-order chi connectivity index (χ1) is 7.66. The normalized spacial score (nSPS) is 30.6. The van der Waals surface area contributed by atoms with Gasteiger partial charge in [0.15, 0.2) is 0 Å².